The van der Waals surface area contributed by atoms with E-state index in [1.165, 1.54) is 5.39 Å². The van der Waals surface area contributed by atoms with Crippen molar-refractivity contribution in [1.82, 2.24) is 9.97 Å². The highest BCUT2D eigenvalue weighted by Gasteiger charge is 2.18. The Balaban J connectivity index is 1.18. The molecular formula is C50H30N2O2. The summed E-state index contributed by atoms with van der Waals surface area (Å²) in [6.07, 6.45) is 0. The van der Waals surface area contributed by atoms with Crippen molar-refractivity contribution >= 4 is 54.6 Å². The monoisotopic (exact) mass is 690 g/mol. The summed E-state index contributed by atoms with van der Waals surface area (Å²) in [6, 6.07) is 63.4. The average molecular weight is 691 g/mol. The first-order valence-corrected chi connectivity index (χ1v) is 18.1. The van der Waals surface area contributed by atoms with Gasteiger partial charge in [0.05, 0.1) is 11.4 Å². The van der Waals surface area contributed by atoms with Gasteiger partial charge in [-0.2, -0.15) is 0 Å². The van der Waals surface area contributed by atoms with Crippen molar-refractivity contribution in [2.75, 3.05) is 0 Å². The number of aromatic nitrogens is 2. The highest BCUT2D eigenvalue weighted by Crippen LogP contribution is 2.41. The smallest absolute Gasteiger partial charge is 0.160 e. The molecule has 0 saturated heterocycles. The zero-order valence-corrected chi connectivity index (χ0v) is 29.0. The van der Waals surface area contributed by atoms with Crippen LogP contribution >= 0.6 is 0 Å². The number of hydrogen-bond acceptors (Lipinski definition) is 4. The summed E-state index contributed by atoms with van der Waals surface area (Å²) in [5.41, 5.74) is 12.6. The molecule has 3 aromatic heterocycles. The molecule has 0 aliphatic heterocycles. The fourth-order valence-electron chi connectivity index (χ4n) is 7.87. The van der Waals surface area contributed by atoms with Crippen LogP contribution in [-0.4, -0.2) is 9.97 Å². The maximum atomic E-state index is 6.23. The molecule has 4 nitrogen and oxygen atoms in total. The van der Waals surface area contributed by atoms with Crippen LogP contribution in [0.4, 0.5) is 0 Å². The highest BCUT2D eigenvalue weighted by molar-refractivity contribution is 6.08. The molecule has 11 aromatic rings. The van der Waals surface area contributed by atoms with Crippen LogP contribution in [0, 0.1) is 0 Å². The van der Waals surface area contributed by atoms with Crippen molar-refractivity contribution in [1.29, 1.82) is 0 Å². The Hall–Kier alpha value is -7.30. The van der Waals surface area contributed by atoms with Gasteiger partial charge in [-0.1, -0.05) is 133 Å². The zero-order valence-electron chi connectivity index (χ0n) is 29.0. The lowest BCUT2D eigenvalue weighted by atomic mass is 9.91. The van der Waals surface area contributed by atoms with E-state index in [2.05, 4.69) is 140 Å². The van der Waals surface area contributed by atoms with E-state index in [9.17, 15) is 0 Å². The molecule has 0 unspecified atom stereocenters. The molecule has 0 N–H and O–H groups in total. The van der Waals surface area contributed by atoms with Gasteiger partial charge in [0.2, 0.25) is 0 Å². The van der Waals surface area contributed by atoms with Crippen molar-refractivity contribution in [3.8, 4) is 56.2 Å². The standard InChI is InChI=1S/C50H30N2O2/c1-2-12-32(13-3-1)50-51-44(38-18-10-14-31-11-4-5-15-36(31)38)30-45(52-50)41-27-33(34-22-25-48-42(28-34)39-16-6-8-19-46(39)53-48)21-24-37(41)35-23-26-49-43(29-35)40-17-7-9-20-47(40)54-49/h1-30H. The van der Waals surface area contributed by atoms with Crippen LogP contribution in [0.1, 0.15) is 0 Å². The lowest BCUT2D eigenvalue weighted by molar-refractivity contribution is 0.668. The fourth-order valence-corrected chi connectivity index (χ4v) is 7.87. The lowest BCUT2D eigenvalue weighted by Gasteiger charge is -2.16. The van der Waals surface area contributed by atoms with Crippen molar-refractivity contribution in [3.05, 3.63) is 182 Å². The van der Waals surface area contributed by atoms with Crippen LogP contribution in [0.2, 0.25) is 0 Å². The molecule has 4 heteroatoms. The van der Waals surface area contributed by atoms with Gasteiger partial charge in [-0.05, 0) is 81.6 Å². The van der Waals surface area contributed by atoms with Crippen molar-refractivity contribution in [3.63, 3.8) is 0 Å². The predicted octanol–water partition coefficient (Wildman–Crippen LogP) is 13.8. The average Bonchev–Trinajstić information content (AvgIpc) is 3.81. The normalized spacial score (nSPS) is 11.7. The molecule has 54 heavy (non-hydrogen) atoms. The highest BCUT2D eigenvalue weighted by atomic mass is 16.3. The third-order valence-electron chi connectivity index (χ3n) is 10.5. The van der Waals surface area contributed by atoms with E-state index in [1.54, 1.807) is 0 Å². The number of para-hydroxylation sites is 2. The second-order valence-electron chi connectivity index (χ2n) is 13.7. The Labute approximate surface area is 310 Å². The van der Waals surface area contributed by atoms with Crippen LogP contribution in [0.5, 0.6) is 0 Å². The number of benzene rings is 8. The first-order chi connectivity index (χ1) is 26.7. The first-order valence-electron chi connectivity index (χ1n) is 18.1. The summed E-state index contributed by atoms with van der Waals surface area (Å²) in [5, 5.41) is 6.70. The van der Waals surface area contributed by atoms with Crippen molar-refractivity contribution < 1.29 is 8.83 Å². The molecule has 0 spiro atoms. The van der Waals surface area contributed by atoms with Gasteiger partial charge in [0, 0.05) is 38.2 Å². The zero-order chi connectivity index (χ0) is 35.6. The summed E-state index contributed by atoms with van der Waals surface area (Å²) < 4.78 is 12.4. The third-order valence-corrected chi connectivity index (χ3v) is 10.5. The van der Waals surface area contributed by atoms with E-state index in [4.69, 9.17) is 18.8 Å². The molecule has 0 aliphatic carbocycles. The third kappa shape index (κ3) is 5.00. The topological polar surface area (TPSA) is 52.1 Å². The molecule has 252 valence electrons. The second-order valence-corrected chi connectivity index (χ2v) is 13.7. The lowest BCUT2D eigenvalue weighted by Crippen LogP contribution is -1.98. The molecule has 0 aliphatic rings. The summed E-state index contributed by atoms with van der Waals surface area (Å²) in [6.45, 7) is 0. The minimum atomic E-state index is 0.676. The van der Waals surface area contributed by atoms with Crippen molar-refractivity contribution in [2.45, 2.75) is 0 Å². The van der Waals surface area contributed by atoms with Gasteiger partial charge in [0.15, 0.2) is 5.82 Å². The molecule has 8 aromatic carbocycles. The number of hydrogen-bond donors (Lipinski definition) is 0. The van der Waals surface area contributed by atoms with Crippen LogP contribution in [0.15, 0.2) is 191 Å². The second kappa shape index (κ2) is 12.1. The minimum Gasteiger partial charge on any atom is -0.456 e. The molecule has 11 rings (SSSR count). The van der Waals surface area contributed by atoms with Gasteiger partial charge in [0.1, 0.15) is 22.3 Å². The Morgan fingerprint density at radius 3 is 1.57 bits per heavy atom. The van der Waals surface area contributed by atoms with Gasteiger partial charge in [-0.3, -0.25) is 0 Å². The maximum Gasteiger partial charge on any atom is 0.160 e. The molecule has 0 fully saturated rings. The van der Waals surface area contributed by atoms with Gasteiger partial charge in [0.25, 0.3) is 0 Å². The van der Waals surface area contributed by atoms with Crippen LogP contribution < -0.4 is 0 Å². The molecule has 0 radical (unpaired) electrons. The van der Waals surface area contributed by atoms with Crippen LogP contribution in [0.25, 0.3) is 111 Å². The molecule has 3 heterocycles. The van der Waals surface area contributed by atoms with E-state index in [1.807, 2.05) is 42.5 Å². The van der Waals surface area contributed by atoms with Gasteiger partial charge in [-0.15, -0.1) is 0 Å². The Morgan fingerprint density at radius 2 is 0.833 bits per heavy atom. The quantitative estimate of drug-likeness (QED) is 0.180. The Kier molecular flexibility index (Phi) is 6.82. The predicted molar refractivity (Wildman–Crippen MR) is 221 cm³/mol. The first kappa shape index (κ1) is 30.3. The number of furan rings is 2. The molecule has 0 bridgehead atoms. The number of rotatable bonds is 5. The fraction of sp³-hybridized carbons (Fsp3) is 0. The van der Waals surface area contributed by atoms with E-state index in [-0.39, 0.29) is 0 Å². The summed E-state index contributed by atoms with van der Waals surface area (Å²) in [5.74, 6) is 0.676. The minimum absolute atomic E-state index is 0.676. The van der Waals surface area contributed by atoms with Gasteiger partial charge < -0.3 is 8.83 Å². The van der Waals surface area contributed by atoms with E-state index in [0.717, 1.165) is 99.6 Å². The number of nitrogens with zero attached hydrogens (tertiary/aromatic N) is 2. The van der Waals surface area contributed by atoms with Crippen LogP contribution in [-0.2, 0) is 0 Å². The largest absolute Gasteiger partial charge is 0.456 e. The summed E-state index contributed by atoms with van der Waals surface area (Å²) in [4.78, 5) is 10.6. The molecule has 0 saturated carbocycles. The van der Waals surface area contributed by atoms with E-state index >= 15 is 0 Å². The molecule has 0 amide bonds. The van der Waals surface area contributed by atoms with Gasteiger partial charge >= 0.3 is 0 Å². The Bertz CT molecular complexity index is 3220. The molecule has 0 atom stereocenters. The SMILES string of the molecule is c1ccc(-c2nc(-c3cc(-c4ccc5oc6ccccc6c5c4)ccc3-c3ccc4oc5ccccc5c4c3)cc(-c3cccc4ccccc34)n2)cc1. The number of fused-ring (bicyclic) bond motifs is 7. The van der Waals surface area contributed by atoms with Gasteiger partial charge in [-0.25, -0.2) is 9.97 Å². The van der Waals surface area contributed by atoms with E-state index < -0.39 is 0 Å². The van der Waals surface area contributed by atoms with Crippen LogP contribution in [0.3, 0.4) is 0 Å². The summed E-state index contributed by atoms with van der Waals surface area (Å²) in [7, 11) is 0. The van der Waals surface area contributed by atoms with Crippen molar-refractivity contribution in [2.24, 2.45) is 0 Å². The van der Waals surface area contributed by atoms with E-state index in [0.29, 0.717) is 5.82 Å². The maximum absolute atomic E-state index is 6.23. The summed E-state index contributed by atoms with van der Waals surface area (Å²) >= 11 is 0. The molecular weight excluding hydrogens is 661 g/mol. The Morgan fingerprint density at radius 1 is 0.296 bits per heavy atom.